The maximum Gasteiger partial charge on any atom is 0.221 e. The molecule has 1 aromatic carbocycles. The van der Waals surface area contributed by atoms with Crippen molar-refractivity contribution in [1.29, 1.82) is 0 Å². The number of ketones is 1. The Kier molecular flexibility index (Phi) is 2.74. The fraction of sp³-hybridized carbons (Fsp3) is 0.0833. The predicted octanol–water partition coefficient (Wildman–Crippen LogP) is 1.51. The summed E-state index contributed by atoms with van der Waals surface area (Å²) < 4.78 is 0. The lowest BCUT2D eigenvalue weighted by molar-refractivity contribution is 0.101. The van der Waals surface area contributed by atoms with Crippen LogP contribution < -0.4 is 11.5 Å². The maximum atomic E-state index is 11.3. The molecule has 4 N–H and O–H groups in total. The molecule has 0 bridgehead atoms. The summed E-state index contributed by atoms with van der Waals surface area (Å²) >= 11 is 0. The molecular formula is C12H12N4O. The van der Waals surface area contributed by atoms with Gasteiger partial charge in [-0.15, -0.1) is 0 Å². The van der Waals surface area contributed by atoms with Crippen LogP contribution in [0.4, 0.5) is 11.8 Å². The van der Waals surface area contributed by atoms with Gasteiger partial charge < -0.3 is 11.5 Å². The Morgan fingerprint density at radius 3 is 2.71 bits per heavy atom. The van der Waals surface area contributed by atoms with Crippen LogP contribution in [0, 0.1) is 0 Å². The van der Waals surface area contributed by atoms with Crippen molar-refractivity contribution >= 4 is 17.5 Å². The molecule has 5 nitrogen and oxygen atoms in total. The van der Waals surface area contributed by atoms with Crippen molar-refractivity contribution in [3.05, 3.63) is 36.0 Å². The highest BCUT2D eigenvalue weighted by Gasteiger charge is 2.07. The first-order chi connectivity index (χ1) is 8.08. The average molecular weight is 228 g/mol. The predicted molar refractivity (Wildman–Crippen MR) is 66.3 cm³/mol. The molecule has 0 atom stereocenters. The topological polar surface area (TPSA) is 94.9 Å². The molecule has 0 spiro atoms. The molecule has 0 aliphatic carbocycles. The SMILES string of the molecule is CC(=O)c1cccc(-c2cnc(N)nc2N)c1. The molecule has 0 amide bonds. The van der Waals surface area contributed by atoms with Crippen LogP contribution in [0.15, 0.2) is 30.5 Å². The number of carbonyl (C=O) groups is 1. The summed E-state index contributed by atoms with van der Waals surface area (Å²) in [5.41, 5.74) is 13.3. The minimum absolute atomic E-state index is 0.00165. The second-order valence-electron chi connectivity index (χ2n) is 3.66. The van der Waals surface area contributed by atoms with Crippen molar-refractivity contribution in [2.45, 2.75) is 6.92 Å². The monoisotopic (exact) mass is 228 g/mol. The summed E-state index contributed by atoms with van der Waals surface area (Å²) in [5.74, 6) is 0.439. The number of aromatic nitrogens is 2. The summed E-state index contributed by atoms with van der Waals surface area (Å²) in [6.07, 6.45) is 1.55. The lowest BCUT2D eigenvalue weighted by Gasteiger charge is -2.06. The van der Waals surface area contributed by atoms with Crippen LogP contribution in [0.5, 0.6) is 0 Å². The molecule has 0 saturated heterocycles. The Bertz CT molecular complexity index is 580. The third kappa shape index (κ3) is 2.23. The van der Waals surface area contributed by atoms with Gasteiger partial charge in [-0.2, -0.15) is 4.98 Å². The molecule has 0 aliphatic heterocycles. The van der Waals surface area contributed by atoms with Gasteiger partial charge in [0.05, 0.1) is 0 Å². The molecule has 0 unspecified atom stereocenters. The van der Waals surface area contributed by atoms with Crippen LogP contribution in [0.25, 0.3) is 11.1 Å². The Labute approximate surface area is 98.5 Å². The Morgan fingerprint density at radius 2 is 2.06 bits per heavy atom. The number of benzene rings is 1. The minimum Gasteiger partial charge on any atom is -0.383 e. The van der Waals surface area contributed by atoms with E-state index in [4.69, 9.17) is 11.5 Å². The molecule has 0 fully saturated rings. The molecule has 5 heteroatoms. The Hall–Kier alpha value is -2.43. The molecule has 0 aliphatic rings. The molecule has 0 radical (unpaired) electrons. The first-order valence-corrected chi connectivity index (χ1v) is 5.07. The molecule has 1 aromatic heterocycles. The zero-order valence-electron chi connectivity index (χ0n) is 9.34. The highest BCUT2D eigenvalue weighted by molar-refractivity contribution is 5.95. The van der Waals surface area contributed by atoms with E-state index in [1.54, 1.807) is 24.4 Å². The van der Waals surface area contributed by atoms with Crippen LogP contribution in [0.3, 0.4) is 0 Å². The second kappa shape index (κ2) is 4.21. The van der Waals surface area contributed by atoms with Crippen molar-refractivity contribution in [1.82, 2.24) is 9.97 Å². The highest BCUT2D eigenvalue weighted by atomic mass is 16.1. The standard InChI is InChI=1S/C12H12N4O/c1-7(17)8-3-2-4-9(5-8)10-6-15-12(14)16-11(10)13/h2-6H,1H3,(H4,13,14,15,16). The van der Waals surface area contributed by atoms with E-state index in [2.05, 4.69) is 9.97 Å². The van der Waals surface area contributed by atoms with E-state index in [1.807, 2.05) is 6.07 Å². The summed E-state index contributed by atoms with van der Waals surface area (Å²) in [4.78, 5) is 19.1. The van der Waals surface area contributed by atoms with Gasteiger partial charge in [0.2, 0.25) is 5.95 Å². The zero-order valence-corrected chi connectivity index (χ0v) is 9.34. The van der Waals surface area contributed by atoms with Gasteiger partial charge in [0.15, 0.2) is 5.78 Å². The van der Waals surface area contributed by atoms with Gasteiger partial charge in [0.1, 0.15) is 5.82 Å². The second-order valence-corrected chi connectivity index (χ2v) is 3.66. The van der Waals surface area contributed by atoms with Crippen LogP contribution >= 0.6 is 0 Å². The van der Waals surface area contributed by atoms with E-state index in [-0.39, 0.29) is 11.7 Å². The van der Waals surface area contributed by atoms with E-state index in [0.29, 0.717) is 16.9 Å². The molecule has 1 heterocycles. The first kappa shape index (κ1) is 11.1. The van der Waals surface area contributed by atoms with Crippen LogP contribution in [0.2, 0.25) is 0 Å². The quantitative estimate of drug-likeness (QED) is 0.759. The van der Waals surface area contributed by atoms with Crippen molar-refractivity contribution in [2.24, 2.45) is 0 Å². The molecular weight excluding hydrogens is 216 g/mol. The number of nitrogens with zero attached hydrogens (tertiary/aromatic N) is 2. The van der Waals surface area contributed by atoms with Gasteiger partial charge >= 0.3 is 0 Å². The zero-order chi connectivity index (χ0) is 12.4. The van der Waals surface area contributed by atoms with E-state index >= 15 is 0 Å². The maximum absolute atomic E-state index is 11.3. The first-order valence-electron chi connectivity index (χ1n) is 5.07. The molecule has 0 saturated carbocycles. The third-order valence-electron chi connectivity index (χ3n) is 2.42. The number of hydrogen-bond donors (Lipinski definition) is 2. The number of carbonyl (C=O) groups excluding carboxylic acids is 1. The number of nitrogen functional groups attached to an aromatic ring is 2. The van der Waals surface area contributed by atoms with Crippen LogP contribution in [-0.4, -0.2) is 15.8 Å². The summed E-state index contributed by atoms with van der Waals surface area (Å²) in [6.45, 7) is 1.52. The minimum atomic E-state index is 0.00165. The molecule has 17 heavy (non-hydrogen) atoms. The van der Waals surface area contributed by atoms with Gasteiger partial charge in [0.25, 0.3) is 0 Å². The van der Waals surface area contributed by atoms with E-state index in [9.17, 15) is 4.79 Å². The smallest absolute Gasteiger partial charge is 0.221 e. The number of rotatable bonds is 2. The van der Waals surface area contributed by atoms with E-state index in [1.165, 1.54) is 6.92 Å². The van der Waals surface area contributed by atoms with E-state index in [0.717, 1.165) is 5.56 Å². The molecule has 2 rings (SSSR count). The van der Waals surface area contributed by atoms with Gasteiger partial charge in [-0.05, 0) is 18.6 Å². The number of nitrogens with two attached hydrogens (primary N) is 2. The molecule has 2 aromatic rings. The van der Waals surface area contributed by atoms with Gasteiger partial charge in [-0.25, -0.2) is 4.98 Å². The van der Waals surface area contributed by atoms with Gasteiger partial charge in [0, 0.05) is 17.3 Å². The van der Waals surface area contributed by atoms with E-state index < -0.39 is 0 Å². The Morgan fingerprint density at radius 1 is 1.29 bits per heavy atom. The number of anilines is 2. The van der Waals surface area contributed by atoms with Crippen LogP contribution in [0.1, 0.15) is 17.3 Å². The summed E-state index contributed by atoms with van der Waals surface area (Å²) in [5, 5.41) is 0. The van der Waals surface area contributed by atoms with Crippen molar-refractivity contribution in [3.63, 3.8) is 0 Å². The van der Waals surface area contributed by atoms with Crippen LogP contribution in [-0.2, 0) is 0 Å². The lowest BCUT2D eigenvalue weighted by atomic mass is 10.0. The molecule has 86 valence electrons. The lowest BCUT2D eigenvalue weighted by Crippen LogP contribution is -2.01. The van der Waals surface area contributed by atoms with Gasteiger partial charge in [-0.3, -0.25) is 4.79 Å². The normalized spacial score (nSPS) is 10.2. The average Bonchev–Trinajstić information content (AvgIpc) is 2.29. The van der Waals surface area contributed by atoms with Crippen molar-refractivity contribution < 1.29 is 4.79 Å². The number of hydrogen-bond acceptors (Lipinski definition) is 5. The van der Waals surface area contributed by atoms with Gasteiger partial charge in [-0.1, -0.05) is 18.2 Å². The number of Topliss-reactive ketones (excluding diaryl/α,β-unsaturated/α-hetero) is 1. The van der Waals surface area contributed by atoms with Crippen molar-refractivity contribution in [3.8, 4) is 11.1 Å². The Balaban J connectivity index is 2.53. The highest BCUT2D eigenvalue weighted by Crippen LogP contribution is 2.24. The van der Waals surface area contributed by atoms with Crippen molar-refractivity contribution in [2.75, 3.05) is 11.5 Å². The summed E-state index contributed by atoms with van der Waals surface area (Å²) in [6, 6.07) is 7.15. The largest absolute Gasteiger partial charge is 0.383 e. The summed E-state index contributed by atoms with van der Waals surface area (Å²) in [7, 11) is 0. The fourth-order valence-electron chi connectivity index (χ4n) is 1.54. The fourth-order valence-corrected chi connectivity index (χ4v) is 1.54. The third-order valence-corrected chi connectivity index (χ3v) is 2.42.